The molecule has 1 fully saturated rings. The quantitative estimate of drug-likeness (QED) is 0.849. The first kappa shape index (κ1) is 16.0. The number of methoxy groups -OCH3 is 1. The van der Waals surface area contributed by atoms with Crippen LogP contribution in [0.5, 0.6) is 5.75 Å². The Labute approximate surface area is 138 Å². The van der Waals surface area contributed by atoms with Crippen LogP contribution in [0.2, 0.25) is 0 Å². The number of para-hydroxylation sites is 1. The Morgan fingerprint density at radius 3 is 2.43 bits per heavy atom. The Balaban J connectivity index is 1.58. The maximum absolute atomic E-state index is 5.51. The highest BCUT2D eigenvalue weighted by atomic mass is 16.5. The number of nitrogens with zero attached hydrogens (tertiary/aromatic N) is 3. The van der Waals surface area contributed by atoms with Crippen LogP contribution in [0.1, 0.15) is 24.1 Å². The molecule has 4 heteroatoms. The number of aromatic nitrogens is 1. The van der Waals surface area contributed by atoms with Gasteiger partial charge in [0.15, 0.2) is 0 Å². The highest BCUT2D eigenvalue weighted by molar-refractivity contribution is 5.35. The Hall–Kier alpha value is -1.91. The zero-order valence-corrected chi connectivity index (χ0v) is 14.0. The summed E-state index contributed by atoms with van der Waals surface area (Å²) >= 11 is 0. The van der Waals surface area contributed by atoms with Crippen LogP contribution in [0.3, 0.4) is 0 Å². The Morgan fingerprint density at radius 2 is 1.74 bits per heavy atom. The molecule has 1 aromatic heterocycles. The standard InChI is InChI=1S/C19H25N3O/c1-16(18-5-3-4-6-19(18)23-2)22-13-11-21(12-14-22)15-17-7-9-20-10-8-17/h3-10,16H,11-15H2,1-2H3. The molecule has 0 bridgehead atoms. The van der Waals surface area contributed by atoms with Gasteiger partial charge < -0.3 is 4.74 Å². The van der Waals surface area contributed by atoms with Crippen molar-refractivity contribution < 1.29 is 4.74 Å². The van der Waals surface area contributed by atoms with E-state index in [1.54, 1.807) is 7.11 Å². The molecule has 2 aromatic rings. The number of rotatable bonds is 5. The van der Waals surface area contributed by atoms with Crippen molar-refractivity contribution in [3.63, 3.8) is 0 Å². The summed E-state index contributed by atoms with van der Waals surface area (Å²) in [6, 6.07) is 12.9. The van der Waals surface area contributed by atoms with E-state index in [9.17, 15) is 0 Å². The van der Waals surface area contributed by atoms with E-state index in [-0.39, 0.29) is 0 Å². The average Bonchev–Trinajstić information content (AvgIpc) is 2.62. The first-order valence-corrected chi connectivity index (χ1v) is 8.26. The molecular formula is C19H25N3O. The monoisotopic (exact) mass is 311 g/mol. The van der Waals surface area contributed by atoms with Gasteiger partial charge in [-0.3, -0.25) is 14.8 Å². The third-order valence-electron chi connectivity index (χ3n) is 4.70. The predicted octanol–water partition coefficient (Wildman–Crippen LogP) is 2.97. The van der Waals surface area contributed by atoms with Gasteiger partial charge in [-0.15, -0.1) is 0 Å². The van der Waals surface area contributed by atoms with Crippen molar-refractivity contribution in [2.24, 2.45) is 0 Å². The SMILES string of the molecule is COc1ccccc1C(C)N1CCN(Cc2ccncc2)CC1. The van der Waals surface area contributed by atoms with Gasteiger partial charge in [-0.1, -0.05) is 18.2 Å². The summed E-state index contributed by atoms with van der Waals surface area (Å²) in [5.41, 5.74) is 2.61. The summed E-state index contributed by atoms with van der Waals surface area (Å²) in [6.45, 7) is 7.66. The zero-order chi connectivity index (χ0) is 16.1. The molecule has 0 amide bonds. The second kappa shape index (κ2) is 7.57. The van der Waals surface area contributed by atoms with Crippen LogP contribution in [0, 0.1) is 0 Å². The van der Waals surface area contributed by atoms with E-state index in [4.69, 9.17) is 4.74 Å². The van der Waals surface area contributed by atoms with Crippen molar-refractivity contribution in [2.45, 2.75) is 19.5 Å². The molecule has 23 heavy (non-hydrogen) atoms. The molecule has 1 aliphatic heterocycles. The second-order valence-electron chi connectivity index (χ2n) is 6.09. The molecule has 1 aromatic carbocycles. The van der Waals surface area contributed by atoms with Crippen molar-refractivity contribution in [1.82, 2.24) is 14.8 Å². The van der Waals surface area contributed by atoms with E-state index >= 15 is 0 Å². The van der Waals surface area contributed by atoms with Crippen molar-refractivity contribution in [2.75, 3.05) is 33.3 Å². The molecule has 0 radical (unpaired) electrons. The van der Waals surface area contributed by atoms with Gasteiger partial charge in [0, 0.05) is 56.7 Å². The molecule has 4 nitrogen and oxygen atoms in total. The van der Waals surface area contributed by atoms with Gasteiger partial charge in [0.1, 0.15) is 5.75 Å². The normalized spacial score (nSPS) is 17.8. The molecule has 0 aliphatic carbocycles. The minimum atomic E-state index is 0.384. The lowest BCUT2D eigenvalue weighted by molar-refractivity contribution is 0.0968. The molecule has 1 unspecified atom stereocenters. The van der Waals surface area contributed by atoms with E-state index < -0.39 is 0 Å². The van der Waals surface area contributed by atoms with Crippen LogP contribution in [0.15, 0.2) is 48.8 Å². The third-order valence-corrected chi connectivity index (χ3v) is 4.70. The largest absolute Gasteiger partial charge is 0.496 e. The number of hydrogen-bond acceptors (Lipinski definition) is 4. The maximum Gasteiger partial charge on any atom is 0.123 e. The van der Waals surface area contributed by atoms with Gasteiger partial charge in [-0.25, -0.2) is 0 Å². The number of hydrogen-bond donors (Lipinski definition) is 0. The molecule has 122 valence electrons. The molecule has 3 rings (SSSR count). The van der Waals surface area contributed by atoms with Crippen LogP contribution in [0.4, 0.5) is 0 Å². The lowest BCUT2D eigenvalue weighted by Gasteiger charge is -2.38. The fourth-order valence-electron chi connectivity index (χ4n) is 3.26. The van der Waals surface area contributed by atoms with E-state index in [0.29, 0.717) is 6.04 Å². The number of pyridine rings is 1. The molecule has 0 spiro atoms. The summed E-state index contributed by atoms with van der Waals surface area (Å²) in [6.07, 6.45) is 3.74. The number of benzene rings is 1. The Morgan fingerprint density at radius 1 is 1.04 bits per heavy atom. The van der Waals surface area contributed by atoms with E-state index in [1.807, 2.05) is 24.5 Å². The first-order valence-electron chi connectivity index (χ1n) is 8.26. The highest BCUT2D eigenvalue weighted by Crippen LogP contribution is 2.29. The lowest BCUT2D eigenvalue weighted by Crippen LogP contribution is -2.46. The van der Waals surface area contributed by atoms with Gasteiger partial charge >= 0.3 is 0 Å². The van der Waals surface area contributed by atoms with E-state index in [0.717, 1.165) is 38.5 Å². The fraction of sp³-hybridized carbons (Fsp3) is 0.421. The summed E-state index contributed by atoms with van der Waals surface area (Å²) < 4.78 is 5.51. The van der Waals surface area contributed by atoms with Gasteiger partial charge in [-0.05, 0) is 30.7 Å². The first-order chi connectivity index (χ1) is 11.3. The number of piperazine rings is 1. The summed E-state index contributed by atoms with van der Waals surface area (Å²) in [4.78, 5) is 9.14. The summed E-state index contributed by atoms with van der Waals surface area (Å²) in [5.74, 6) is 0.985. The van der Waals surface area contributed by atoms with Gasteiger partial charge in [0.25, 0.3) is 0 Å². The summed E-state index contributed by atoms with van der Waals surface area (Å²) in [5, 5.41) is 0. The predicted molar refractivity (Wildman–Crippen MR) is 92.5 cm³/mol. The second-order valence-corrected chi connectivity index (χ2v) is 6.09. The fourth-order valence-corrected chi connectivity index (χ4v) is 3.26. The third kappa shape index (κ3) is 3.89. The highest BCUT2D eigenvalue weighted by Gasteiger charge is 2.23. The molecule has 1 atom stereocenters. The van der Waals surface area contributed by atoms with E-state index in [1.165, 1.54) is 11.1 Å². The topological polar surface area (TPSA) is 28.6 Å². The van der Waals surface area contributed by atoms with Gasteiger partial charge in [-0.2, -0.15) is 0 Å². The van der Waals surface area contributed by atoms with Crippen molar-refractivity contribution >= 4 is 0 Å². The van der Waals surface area contributed by atoms with Crippen molar-refractivity contribution in [1.29, 1.82) is 0 Å². The molecule has 1 aliphatic rings. The van der Waals surface area contributed by atoms with Crippen LogP contribution >= 0.6 is 0 Å². The van der Waals surface area contributed by atoms with Crippen LogP contribution in [-0.4, -0.2) is 48.1 Å². The van der Waals surface area contributed by atoms with Gasteiger partial charge in [0.05, 0.1) is 7.11 Å². The van der Waals surface area contributed by atoms with E-state index in [2.05, 4.69) is 46.0 Å². The minimum Gasteiger partial charge on any atom is -0.496 e. The minimum absolute atomic E-state index is 0.384. The lowest BCUT2D eigenvalue weighted by atomic mass is 10.0. The molecule has 0 N–H and O–H groups in total. The molecule has 0 saturated carbocycles. The summed E-state index contributed by atoms with van der Waals surface area (Å²) in [7, 11) is 1.75. The smallest absolute Gasteiger partial charge is 0.123 e. The maximum atomic E-state index is 5.51. The molecule has 2 heterocycles. The Kier molecular flexibility index (Phi) is 5.26. The van der Waals surface area contributed by atoms with Crippen LogP contribution in [0.25, 0.3) is 0 Å². The molecular weight excluding hydrogens is 286 g/mol. The zero-order valence-electron chi connectivity index (χ0n) is 14.0. The van der Waals surface area contributed by atoms with Crippen molar-refractivity contribution in [3.8, 4) is 5.75 Å². The van der Waals surface area contributed by atoms with Crippen LogP contribution < -0.4 is 4.74 Å². The van der Waals surface area contributed by atoms with Gasteiger partial charge in [0.2, 0.25) is 0 Å². The van der Waals surface area contributed by atoms with Crippen molar-refractivity contribution in [3.05, 3.63) is 59.9 Å². The molecule has 1 saturated heterocycles. The average molecular weight is 311 g/mol. The van der Waals surface area contributed by atoms with Crippen LogP contribution in [-0.2, 0) is 6.54 Å². The Bertz CT molecular complexity index is 609. The number of ether oxygens (including phenoxy) is 1.